The van der Waals surface area contributed by atoms with Crippen molar-refractivity contribution in [2.45, 2.75) is 32.5 Å². The molecule has 1 aromatic heterocycles. The molecule has 0 spiro atoms. The lowest BCUT2D eigenvalue weighted by molar-refractivity contribution is -0.0150. The van der Waals surface area contributed by atoms with E-state index in [1.54, 1.807) is 13.3 Å². The summed E-state index contributed by atoms with van der Waals surface area (Å²) in [6.07, 6.45) is 1.74. The number of ether oxygens (including phenoxy) is 1. The Bertz CT molecular complexity index is 267. The molecular formula is C11H17NO2. The zero-order valence-electron chi connectivity index (χ0n) is 8.90. The highest BCUT2D eigenvalue weighted by atomic mass is 16.5. The lowest BCUT2D eigenvalue weighted by atomic mass is 10.0. The van der Waals surface area contributed by atoms with E-state index < -0.39 is 6.10 Å². The van der Waals surface area contributed by atoms with Gasteiger partial charge in [-0.05, 0) is 19.4 Å². The number of pyridine rings is 1. The molecule has 3 nitrogen and oxygen atoms in total. The SMILES string of the molecule is CCC(OC)C(O)c1ccc(C)nc1. The Kier molecular flexibility index (Phi) is 4.04. The molecule has 3 heteroatoms. The molecule has 1 N–H and O–H groups in total. The van der Waals surface area contributed by atoms with Gasteiger partial charge in [0.2, 0.25) is 0 Å². The molecule has 1 aromatic rings. The Morgan fingerprint density at radius 2 is 2.21 bits per heavy atom. The van der Waals surface area contributed by atoms with E-state index in [1.807, 2.05) is 26.0 Å². The molecule has 0 saturated heterocycles. The van der Waals surface area contributed by atoms with Crippen molar-refractivity contribution in [2.75, 3.05) is 7.11 Å². The summed E-state index contributed by atoms with van der Waals surface area (Å²) < 4.78 is 5.17. The summed E-state index contributed by atoms with van der Waals surface area (Å²) >= 11 is 0. The fourth-order valence-electron chi connectivity index (χ4n) is 1.39. The van der Waals surface area contributed by atoms with Gasteiger partial charge in [-0.15, -0.1) is 0 Å². The first-order valence-electron chi connectivity index (χ1n) is 4.82. The van der Waals surface area contributed by atoms with Gasteiger partial charge in [0.15, 0.2) is 0 Å². The van der Waals surface area contributed by atoms with Gasteiger partial charge in [0, 0.05) is 24.6 Å². The van der Waals surface area contributed by atoms with Crippen molar-refractivity contribution in [3.8, 4) is 0 Å². The number of aliphatic hydroxyl groups is 1. The first-order valence-corrected chi connectivity index (χ1v) is 4.82. The monoisotopic (exact) mass is 195 g/mol. The molecule has 78 valence electrons. The quantitative estimate of drug-likeness (QED) is 0.797. The van der Waals surface area contributed by atoms with E-state index in [2.05, 4.69) is 4.98 Å². The van der Waals surface area contributed by atoms with Crippen molar-refractivity contribution >= 4 is 0 Å². The Morgan fingerprint density at radius 1 is 1.50 bits per heavy atom. The molecule has 14 heavy (non-hydrogen) atoms. The van der Waals surface area contributed by atoms with Crippen LogP contribution >= 0.6 is 0 Å². The van der Waals surface area contributed by atoms with Crippen LogP contribution < -0.4 is 0 Å². The summed E-state index contributed by atoms with van der Waals surface area (Å²) in [6.45, 7) is 3.91. The third-order valence-electron chi connectivity index (χ3n) is 2.33. The van der Waals surface area contributed by atoms with Crippen molar-refractivity contribution in [3.05, 3.63) is 29.6 Å². The predicted octanol–water partition coefficient (Wildman–Crippen LogP) is 1.85. The number of methoxy groups -OCH3 is 1. The van der Waals surface area contributed by atoms with Crippen molar-refractivity contribution in [1.29, 1.82) is 0 Å². The van der Waals surface area contributed by atoms with Gasteiger partial charge in [-0.2, -0.15) is 0 Å². The fraction of sp³-hybridized carbons (Fsp3) is 0.545. The van der Waals surface area contributed by atoms with Gasteiger partial charge in [0.1, 0.15) is 6.10 Å². The highest BCUT2D eigenvalue weighted by Crippen LogP contribution is 2.20. The van der Waals surface area contributed by atoms with E-state index in [9.17, 15) is 5.11 Å². The average molecular weight is 195 g/mol. The highest BCUT2D eigenvalue weighted by molar-refractivity contribution is 5.16. The summed E-state index contributed by atoms with van der Waals surface area (Å²) in [4.78, 5) is 4.14. The Balaban J connectivity index is 2.77. The second-order valence-electron chi connectivity index (χ2n) is 3.36. The normalized spacial score (nSPS) is 15.1. The van der Waals surface area contributed by atoms with Gasteiger partial charge in [-0.25, -0.2) is 0 Å². The molecule has 0 fully saturated rings. The number of rotatable bonds is 4. The minimum atomic E-state index is -0.585. The summed E-state index contributed by atoms with van der Waals surface area (Å²) in [7, 11) is 1.61. The lowest BCUT2D eigenvalue weighted by Gasteiger charge is -2.20. The molecular weight excluding hydrogens is 178 g/mol. The molecule has 0 aromatic carbocycles. The van der Waals surface area contributed by atoms with Crippen LogP contribution in [-0.4, -0.2) is 23.3 Å². The van der Waals surface area contributed by atoms with Crippen molar-refractivity contribution in [1.82, 2.24) is 4.98 Å². The van der Waals surface area contributed by atoms with Gasteiger partial charge < -0.3 is 9.84 Å². The first-order chi connectivity index (χ1) is 6.69. The number of hydrogen-bond donors (Lipinski definition) is 1. The molecule has 1 heterocycles. The molecule has 0 aliphatic carbocycles. The summed E-state index contributed by atoms with van der Waals surface area (Å²) in [5, 5.41) is 9.91. The number of aliphatic hydroxyl groups excluding tert-OH is 1. The Hall–Kier alpha value is -0.930. The third kappa shape index (κ3) is 2.53. The predicted molar refractivity (Wildman–Crippen MR) is 55.0 cm³/mol. The number of aryl methyl sites for hydroxylation is 1. The van der Waals surface area contributed by atoms with Crippen LogP contribution in [0.5, 0.6) is 0 Å². The van der Waals surface area contributed by atoms with Crippen LogP contribution in [0.2, 0.25) is 0 Å². The molecule has 2 atom stereocenters. The third-order valence-corrected chi connectivity index (χ3v) is 2.33. The minimum absolute atomic E-state index is 0.153. The van der Waals surface area contributed by atoms with E-state index >= 15 is 0 Å². The van der Waals surface area contributed by atoms with Crippen LogP contribution in [0.25, 0.3) is 0 Å². The van der Waals surface area contributed by atoms with Gasteiger partial charge in [0.05, 0.1) is 6.10 Å². The number of nitrogens with zero attached hydrogens (tertiary/aromatic N) is 1. The van der Waals surface area contributed by atoms with Crippen molar-refractivity contribution in [2.24, 2.45) is 0 Å². The molecule has 0 saturated carbocycles. The molecule has 2 unspecified atom stereocenters. The lowest BCUT2D eigenvalue weighted by Crippen LogP contribution is -2.19. The summed E-state index contributed by atoms with van der Waals surface area (Å²) in [5.74, 6) is 0. The summed E-state index contributed by atoms with van der Waals surface area (Å²) in [6, 6.07) is 3.77. The molecule has 0 aliphatic heterocycles. The number of aromatic nitrogens is 1. The molecule has 0 aliphatic rings. The molecule has 0 amide bonds. The molecule has 1 rings (SSSR count). The maximum absolute atomic E-state index is 9.91. The zero-order valence-corrected chi connectivity index (χ0v) is 8.90. The second kappa shape index (κ2) is 5.08. The second-order valence-corrected chi connectivity index (χ2v) is 3.36. The maximum atomic E-state index is 9.91. The van der Waals surface area contributed by atoms with E-state index in [0.29, 0.717) is 0 Å². The van der Waals surface area contributed by atoms with Crippen molar-refractivity contribution in [3.63, 3.8) is 0 Å². The molecule has 0 bridgehead atoms. The van der Waals surface area contributed by atoms with E-state index in [1.165, 1.54) is 0 Å². The van der Waals surface area contributed by atoms with Crippen LogP contribution in [0.4, 0.5) is 0 Å². The Morgan fingerprint density at radius 3 is 2.64 bits per heavy atom. The van der Waals surface area contributed by atoms with Gasteiger partial charge in [-0.1, -0.05) is 13.0 Å². The first kappa shape index (κ1) is 11.1. The minimum Gasteiger partial charge on any atom is -0.386 e. The van der Waals surface area contributed by atoms with Crippen LogP contribution in [0.3, 0.4) is 0 Å². The smallest absolute Gasteiger partial charge is 0.107 e. The van der Waals surface area contributed by atoms with Crippen LogP contribution in [0.1, 0.15) is 30.7 Å². The number of hydrogen-bond acceptors (Lipinski definition) is 3. The molecule has 0 radical (unpaired) electrons. The Labute approximate surface area is 84.7 Å². The van der Waals surface area contributed by atoms with Crippen molar-refractivity contribution < 1.29 is 9.84 Å². The van der Waals surface area contributed by atoms with Gasteiger partial charge in [-0.3, -0.25) is 4.98 Å². The van der Waals surface area contributed by atoms with Crippen LogP contribution in [0.15, 0.2) is 18.3 Å². The maximum Gasteiger partial charge on any atom is 0.107 e. The van der Waals surface area contributed by atoms with E-state index in [0.717, 1.165) is 17.7 Å². The van der Waals surface area contributed by atoms with E-state index in [-0.39, 0.29) is 6.10 Å². The zero-order chi connectivity index (χ0) is 10.6. The average Bonchev–Trinajstić information content (AvgIpc) is 2.20. The summed E-state index contributed by atoms with van der Waals surface area (Å²) in [5.41, 5.74) is 1.76. The largest absolute Gasteiger partial charge is 0.386 e. The standard InChI is InChI=1S/C11H17NO2/c1-4-10(14-3)11(13)9-6-5-8(2)12-7-9/h5-7,10-11,13H,4H2,1-3H3. The topological polar surface area (TPSA) is 42.4 Å². The van der Waals surface area contributed by atoms with Gasteiger partial charge >= 0.3 is 0 Å². The van der Waals surface area contributed by atoms with Gasteiger partial charge in [0.25, 0.3) is 0 Å². The van der Waals surface area contributed by atoms with E-state index in [4.69, 9.17) is 4.74 Å². The fourth-order valence-corrected chi connectivity index (χ4v) is 1.39. The highest BCUT2D eigenvalue weighted by Gasteiger charge is 2.18. The van der Waals surface area contributed by atoms with Crippen LogP contribution in [0, 0.1) is 6.92 Å². The van der Waals surface area contributed by atoms with Crippen LogP contribution in [-0.2, 0) is 4.74 Å².